The molecule has 3 aromatic rings. The topological polar surface area (TPSA) is 79.4 Å². The second kappa shape index (κ2) is 8.06. The fourth-order valence-electron chi connectivity index (χ4n) is 3.46. The fourth-order valence-corrected chi connectivity index (χ4v) is 6.18. The number of fused-ring (bicyclic) bond motifs is 1. The van der Waals surface area contributed by atoms with Gasteiger partial charge in [-0.15, -0.1) is 11.3 Å². The quantitative estimate of drug-likeness (QED) is 0.677. The number of hydrogen-bond acceptors (Lipinski definition) is 5. The van der Waals surface area contributed by atoms with Crippen molar-refractivity contribution in [2.75, 3.05) is 6.54 Å². The number of amides is 1. The smallest absolute Gasteiger partial charge is 0.263 e. The molecule has 0 aliphatic carbocycles. The Bertz CT molecular complexity index is 1130. The van der Waals surface area contributed by atoms with Crippen LogP contribution in [0.1, 0.15) is 39.3 Å². The molecule has 1 N–H and O–H groups in total. The molecule has 150 valence electrons. The third-order valence-electron chi connectivity index (χ3n) is 5.08. The summed E-state index contributed by atoms with van der Waals surface area (Å²) in [6, 6.07) is 12.8. The van der Waals surface area contributed by atoms with Crippen LogP contribution < -0.4 is 5.32 Å². The molecule has 1 amide bonds. The molecule has 2 aromatic heterocycles. The van der Waals surface area contributed by atoms with Gasteiger partial charge in [0.05, 0.1) is 6.04 Å². The van der Waals surface area contributed by atoms with Crippen molar-refractivity contribution in [1.82, 2.24) is 14.6 Å². The Kier molecular flexibility index (Phi) is 5.49. The third kappa shape index (κ3) is 3.96. The van der Waals surface area contributed by atoms with Gasteiger partial charge < -0.3 is 5.32 Å². The molecule has 3 heterocycles. The maximum Gasteiger partial charge on any atom is 0.263 e. The lowest BCUT2D eigenvalue weighted by atomic mass is 10.0. The number of carbonyl (C=O) groups is 1. The molecule has 1 unspecified atom stereocenters. The van der Waals surface area contributed by atoms with Crippen molar-refractivity contribution in [3.63, 3.8) is 0 Å². The molecule has 6 nitrogen and oxygen atoms in total. The average Bonchev–Trinajstić information content (AvgIpc) is 3.25. The zero-order valence-corrected chi connectivity index (χ0v) is 17.5. The van der Waals surface area contributed by atoms with Crippen molar-refractivity contribution in [2.24, 2.45) is 0 Å². The van der Waals surface area contributed by atoms with Gasteiger partial charge in [-0.2, -0.15) is 4.31 Å². The number of hydrogen-bond donors (Lipinski definition) is 1. The van der Waals surface area contributed by atoms with E-state index in [0.717, 1.165) is 22.5 Å². The van der Waals surface area contributed by atoms with Crippen LogP contribution in [0.5, 0.6) is 0 Å². The van der Waals surface area contributed by atoms with Gasteiger partial charge in [0, 0.05) is 25.5 Å². The summed E-state index contributed by atoms with van der Waals surface area (Å²) in [4.78, 5) is 17.2. The first-order valence-corrected chi connectivity index (χ1v) is 11.6. The summed E-state index contributed by atoms with van der Waals surface area (Å²) in [5.74, 6) is -0.396. The van der Waals surface area contributed by atoms with Gasteiger partial charge in [0.2, 0.25) is 10.0 Å². The summed E-state index contributed by atoms with van der Waals surface area (Å²) in [5, 5.41) is 4.53. The first-order chi connectivity index (χ1) is 14.0. The van der Waals surface area contributed by atoms with E-state index in [0.29, 0.717) is 19.5 Å². The average molecular weight is 428 g/mol. The van der Waals surface area contributed by atoms with Crippen molar-refractivity contribution in [1.29, 1.82) is 0 Å². The van der Waals surface area contributed by atoms with E-state index in [4.69, 9.17) is 0 Å². The second-order valence-electron chi connectivity index (χ2n) is 6.95. The summed E-state index contributed by atoms with van der Waals surface area (Å²) in [5.41, 5.74) is 3.04. The zero-order chi connectivity index (χ0) is 20.4. The Labute approximate surface area is 174 Å². The monoisotopic (exact) mass is 427 g/mol. The highest BCUT2D eigenvalue weighted by molar-refractivity contribution is 7.89. The summed E-state index contributed by atoms with van der Waals surface area (Å²) in [7, 11) is -3.77. The van der Waals surface area contributed by atoms with E-state index in [-0.39, 0.29) is 15.8 Å². The maximum atomic E-state index is 13.3. The van der Waals surface area contributed by atoms with Gasteiger partial charge >= 0.3 is 0 Å². The van der Waals surface area contributed by atoms with Crippen LogP contribution in [-0.2, 0) is 23.0 Å². The molecule has 1 atom stereocenters. The highest BCUT2D eigenvalue weighted by Gasteiger charge is 2.32. The number of sulfonamides is 1. The van der Waals surface area contributed by atoms with Gasteiger partial charge in [-0.3, -0.25) is 9.78 Å². The molecule has 0 spiro atoms. The molecular formula is C21H21N3O3S2. The minimum Gasteiger partial charge on any atom is -0.345 e. The number of pyridine rings is 1. The number of nitrogens with zero attached hydrogens (tertiary/aromatic N) is 2. The van der Waals surface area contributed by atoms with Crippen LogP contribution in [-0.4, -0.2) is 30.2 Å². The SMILES string of the molecule is CC(NC(=O)c1sccc1S(=O)(=O)N1CCc2ccccc2C1)c1cccnc1. The van der Waals surface area contributed by atoms with Crippen LogP contribution in [0.15, 0.2) is 65.1 Å². The molecule has 0 fully saturated rings. The highest BCUT2D eigenvalue weighted by Crippen LogP contribution is 2.29. The molecule has 1 aliphatic rings. The first-order valence-electron chi connectivity index (χ1n) is 9.32. The van der Waals surface area contributed by atoms with E-state index in [1.165, 1.54) is 15.9 Å². The Hall–Kier alpha value is -2.55. The van der Waals surface area contributed by atoms with Crippen LogP contribution in [0.2, 0.25) is 0 Å². The summed E-state index contributed by atoms with van der Waals surface area (Å²) in [6.07, 6.45) is 4.01. The van der Waals surface area contributed by atoms with Crippen molar-refractivity contribution in [3.05, 3.63) is 81.8 Å². The Morgan fingerprint density at radius 1 is 1.17 bits per heavy atom. The number of nitrogens with one attached hydrogen (secondary N) is 1. The van der Waals surface area contributed by atoms with Gasteiger partial charge in [0.15, 0.2) is 0 Å². The van der Waals surface area contributed by atoms with Crippen LogP contribution in [0.4, 0.5) is 0 Å². The lowest BCUT2D eigenvalue weighted by Gasteiger charge is -2.28. The molecule has 0 radical (unpaired) electrons. The van der Waals surface area contributed by atoms with E-state index in [1.807, 2.05) is 37.3 Å². The first kappa shape index (κ1) is 19.8. The molecule has 1 aromatic carbocycles. The Morgan fingerprint density at radius 3 is 2.72 bits per heavy atom. The lowest BCUT2D eigenvalue weighted by Crippen LogP contribution is -2.37. The van der Waals surface area contributed by atoms with Gasteiger partial charge in [-0.1, -0.05) is 30.3 Å². The second-order valence-corrected chi connectivity index (χ2v) is 9.78. The van der Waals surface area contributed by atoms with Crippen molar-refractivity contribution in [2.45, 2.75) is 30.8 Å². The van der Waals surface area contributed by atoms with Gasteiger partial charge in [-0.25, -0.2) is 8.42 Å². The molecule has 0 bridgehead atoms. The van der Waals surface area contributed by atoms with Crippen molar-refractivity contribution >= 4 is 27.3 Å². The fraction of sp³-hybridized carbons (Fsp3) is 0.238. The summed E-state index contributed by atoms with van der Waals surface area (Å²) < 4.78 is 28.0. The predicted molar refractivity (Wildman–Crippen MR) is 112 cm³/mol. The van der Waals surface area contributed by atoms with E-state index in [2.05, 4.69) is 10.3 Å². The van der Waals surface area contributed by atoms with Crippen molar-refractivity contribution < 1.29 is 13.2 Å². The molecule has 0 saturated heterocycles. The van der Waals surface area contributed by atoms with Crippen LogP contribution in [0.3, 0.4) is 0 Å². The largest absolute Gasteiger partial charge is 0.345 e. The molecule has 29 heavy (non-hydrogen) atoms. The van der Waals surface area contributed by atoms with Crippen LogP contribution >= 0.6 is 11.3 Å². The molecule has 8 heteroatoms. The predicted octanol–water partition coefficient (Wildman–Crippen LogP) is 3.38. The number of carbonyl (C=O) groups excluding carboxylic acids is 1. The van der Waals surface area contributed by atoms with Gasteiger partial charge in [0.1, 0.15) is 9.77 Å². The molecular weight excluding hydrogens is 406 g/mol. The van der Waals surface area contributed by atoms with Crippen LogP contribution in [0, 0.1) is 0 Å². The third-order valence-corrected chi connectivity index (χ3v) is 8.01. The van der Waals surface area contributed by atoms with Gasteiger partial charge in [0.25, 0.3) is 5.91 Å². The standard InChI is InChI=1S/C21H21N3O3S2/c1-15(17-7-4-10-22-13-17)23-21(25)20-19(9-12-28-20)29(26,27)24-11-8-16-5-2-3-6-18(16)14-24/h2-7,9-10,12-13,15H,8,11,14H2,1H3,(H,23,25). The normalized spacial score (nSPS) is 15.5. The Balaban J connectivity index is 1.56. The number of thiophene rings is 1. The molecule has 4 rings (SSSR count). The molecule has 0 saturated carbocycles. The number of aromatic nitrogens is 1. The van der Waals surface area contributed by atoms with E-state index < -0.39 is 15.9 Å². The van der Waals surface area contributed by atoms with Gasteiger partial charge in [-0.05, 0) is 47.5 Å². The number of benzene rings is 1. The minimum absolute atomic E-state index is 0.0674. The Morgan fingerprint density at radius 2 is 1.97 bits per heavy atom. The maximum absolute atomic E-state index is 13.3. The van der Waals surface area contributed by atoms with Crippen molar-refractivity contribution in [3.8, 4) is 0 Å². The summed E-state index contributed by atoms with van der Waals surface area (Å²) in [6.45, 7) is 2.57. The van der Waals surface area contributed by atoms with E-state index in [9.17, 15) is 13.2 Å². The van der Waals surface area contributed by atoms with Crippen LogP contribution in [0.25, 0.3) is 0 Å². The highest BCUT2D eigenvalue weighted by atomic mass is 32.2. The minimum atomic E-state index is -3.77. The summed E-state index contributed by atoms with van der Waals surface area (Å²) >= 11 is 1.14. The van der Waals surface area contributed by atoms with E-state index in [1.54, 1.807) is 23.8 Å². The molecule has 1 aliphatic heterocycles. The van der Waals surface area contributed by atoms with E-state index >= 15 is 0 Å². The number of rotatable bonds is 5. The lowest BCUT2D eigenvalue weighted by molar-refractivity contribution is 0.0940. The zero-order valence-electron chi connectivity index (χ0n) is 15.9.